The highest BCUT2D eigenvalue weighted by Gasteiger charge is 2.13. The van der Waals surface area contributed by atoms with Crippen molar-refractivity contribution in [3.63, 3.8) is 0 Å². The maximum atomic E-state index is 10.7. The Morgan fingerprint density at radius 2 is 2.05 bits per heavy atom. The van der Waals surface area contributed by atoms with Gasteiger partial charge >= 0.3 is 0 Å². The molecule has 1 N–H and O–H groups in total. The molecule has 4 nitrogen and oxygen atoms in total. The summed E-state index contributed by atoms with van der Waals surface area (Å²) in [6.07, 6.45) is 2.47. The predicted octanol–water partition coefficient (Wildman–Crippen LogP) is 2.72. The molecule has 1 amide bonds. The molecular weight excluding hydrogens is 266 g/mol. The molecule has 0 aliphatic carbocycles. The molecule has 0 aliphatic heterocycles. The molecule has 1 atom stereocenters. The minimum atomic E-state index is 0.145. The summed E-state index contributed by atoms with van der Waals surface area (Å²) in [5.41, 5.74) is 2.30. The van der Waals surface area contributed by atoms with E-state index in [2.05, 4.69) is 37.4 Å². The van der Waals surface area contributed by atoms with Gasteiger partial charge in [-0.15, -0.1) is 0 Å². The molecule has 0 heterocycles. The van der Waals surface area contributed by atoms with Crippen molar-refractivity contribution < 1.29 is 14.3 Å². The van der Waals surface area contributed by atoms with Crippen molar-refractivity contribution >= 4 is 6.41 Å². The van der Waals surface area contributed by atoms with Gasteiger partial charge in [0.1, 0.15) is 5.75 Å². The SMILES string of the molecule is COCCCOc1cc(CC(NC=O)C(C)C)ccc1C. The summed E-state index contributed by atoms with van der Waals surface area (Å²) in [5.74, 6) is 1.31. The maximum absolute atomic E-state index is 10.7. The van der Waals surface area contributed by atoms with Gasteiger partial charge in [0.15, 0.2) is 0 Å². The lowest BCUT2D eigenvalue weighted by Crippen LogP contribution is -2.34. The lowest BCUT2D eigenvalue weighted by atomic mass is 9.96. The standard InChI is InChI=1S/C17H27NO3/c1-13(2)16(18-12-19)10-15-7-6-14(3)17(11-15)21-9-5-8-20-4/h6-7,11-13,16H,5,8-10H2,1-4H3,(H,18,19). The molecule has 4 heteroatoms. The van der Waals surface area contributed by atoms with E-state index >= 15 is 0 Å². The molecule has 0 fully saturated rings. The largest absolute Gasteiger partial charge is 0.493 e. The fourth-order valence-corrected chi connectivity index (χ4v) is 2.14. The number of ether oxygens (including phenoxy) is 2. The van der Waals surface area contributed by atoms with Gasteiger partial charge in [-0.25, -0.2) is 0 Å². The van der Waals surface area contributed by atoms with Crippen LogP contribution >= 0.6 is 0 Å². The van der Waals surface area contributed by atoms with Gasteiger partial charge in [0.2, 0.25) is 6.41 Å². The van der Waals surface area contributed by atoms with E-state index in [0.717, 1.165) is 30.6 Å². The average Bonchev–Trinajstić information content (AvgIpc) is 2.46. The Kier molecular flexibility index (Phi) is 7.83. The van der Waals surface area contributed by atoms with Crippen LogP contribution in [0.3, 0.4) is 0 Å². The van der Waals surface area contributed by atoms with Gasteiger partial charge in [0.05, 0.1) is 6.61 Å². The van der Waals surface area contributed by atoms with E-state index in [-0.39, 0.29) is 6.04 Å². The molecule has 0 aliphatic rings. The Bertz CT molecular complexity index is 432. The lowest BCUT2D eigenvalue weighted by Gasteiger charge is -2.20. The topological polar surface area (TPSA) is 47.6 Å². The number of rotatable bonds is 10. The Hall–Kier alpha value is -1.55. The van der Waals surface area contributed by atoms with Gasteiger partial charge in [0, 0.05) is 26.2 Å². The molecule has 0 spiro atoms. The van der Waals surface area contributed by atoms with Gasteiger partial charge in [-0.2, -0.15) is 0 Å². The third-order valence-electron chi connectivity index (χ3n) is 3.55. The summed E-state index contributed by atoms with van der Waals surface area (Å²) in [5, 5.41) is 2.89. The first-order valence-corrected chi connectivity index (χ1v) is 7.49. The van der Waals surface area contributed by atoms with Crippen LogP contribution in [0, 0.1) is 12.8 Å². The van der Waals surface area contributed by atoms with Gasteiger partial charge in [0.25, 0.3) is 0 Å². The van der Waals surface area contributed by atoms with Crippen LogP contribution < -0.4 is 10.1 Å². The number of hydrogen-bond donors (Lipinski definition) is 1. The van der Waals surface area contributed by atoms with Crippen molar-refractivity contribution in [2.75, 3.05) is 20.3 Å². The molecule has 118 valence electrons. The Morgan fingerprint density at radius 3 is 2.67 bits per heavy atom. The quantitative estimate of drug-likeness (QED) is 0.533. The number of amides is 1. The van der Waals surface area contributed by atoms with Crippen molar-refractivity contribution in [1.29, 1.82) is 0 Å². The van der Waals surface area contributed by atoms with Crippen LogP contribution in [-0.2, 0) is 16.0 Å². The molecule has 0 bridgehead atoms. The van der Waals surface area contributed by atoms with Crippen molar-refractivity contribution in [3.8, 4) is 5.75 Å². The third kappa shape index (κ3) is 6.17. The van der Waals surface area contributed by atoms with E-state index in [0.29, 0.717) is 19.1 Å². The zero-order valence-corrected chi connectivity index (χ0v) is 13.5. The van der Waals surface area contributed by atoms with Crippen LogP contribution in [0.25, 0.3) is 0 Å². The lowest BCUT2D eigenvalue weighted by molar-refractivity contribution is -0.110. The van der Waals surface area contributed by atoms with Gasteiger partial charge in [-0.1, -0.05) is 26.0 Å². The first kappa shape index (κ1) is 17.5. The van der Waals surface area contributed by atoms with E-state index in [1.165, 1.54) is 5.56 Å². The van der Waals surface area contributed by atoms with E-state index in [9.17, 15) is 4.79 Å². The fraction of sp³-hybridized carbons (Fsp3) is 0.588. The highest BCUT2D eigenvalue weighted by atomic mass is 16.5. The van der Waals surface area contributed by atoms with Crippen molar-refractivity contribution in [2.24, 2.45) is 5.92 Å². The van der Waals surface area contributed by atoms with Crippen LogP contribution in [0.4, 0.5) is 0 Å². The van der Waals surface area contributed by atoms with E-state index in [4.69, 9.17) is 9.47 Å². The zero-order valence-electron chi connectivity index (χ0n) is 13.5. The molecule has 0 saturated carbocycles. The predicted molar refractivity (Wildman–Crippen MR) is 84.7 cm³/mol. The van der Waals surface area contributed by atoms with Gasteiger partial charge in [-0.3, -0.25) is 4.79 Å². The summed E-state index contributed by atoms with van der Waals surface area (Å²) >= 11 is 0. The number of benzene rings is 1. The first-order valence-electron chi connectivity index (χ1n) is 7.49. The number of methoxy groups -OCH3 is 1. The third-order valence-corrected chi connectivity index (χ3v) is 3.55. The van der Waals surface area contributed by atoms with E-state index in [1.54, 1.807) is 7.11 Å². The highest BCUT2D eigenvalue weighted by molar-refractivity contribution is 5.47. The Labute approximate surface area is 127 Å². The molecule has 1 aromatic rings. The number of carbonyl (C=O) groups excluding carboxylic acids is 1. The second kappa shape index (κ2) is 9.40. The van der Waals surface area contributed by atoms with Crippen molar-refractivity contribution in [2.45, 2.75) is 39.7 Å². The Balaban J connectivity index is 2.68. The fourth-order valence-electron chi connectivity index (χ4n) is 2.14. The molecule has 0 aromatic heterocycles. The summed E-state index contributed by atoms with van der Waals surface area (Å²) in [4.78, 5) is 10.7. The van der Waals surface area contributed by atoms with Crippen LogP contribution in [0.2, 0.25) is 0 Å². The molecule has 1 aromatic carbocycles. The minimum absolute atomic E-state index is 0.145. The van der Waals surface area contributed by atoms with E-state index in [1.807, 2.05) is 6.92 Å². The minimum Gasteiger partial charge on any atom is -0.493 e. The normalized spacial score (nSPS) is 12.2. The molecule has 0 radical (unpaired) electrons. The molecule has 1 unspecified atom stereocenters. The highest BCUT2D eigenvalue weighted by Crippen LogP contribution is 2.21. The number of carbonyl (C=O) groups is 1. The smallest absolute Gasteiger partial charge is 0.207 e. The second-order valence-electron chi connectivity index (χ2n) is 5.63. The van der Waals surface area contributed by atoms with Crippen LogP contribution in [0.15, 0.2) is 18.2 Å². The summed E-state index contributed by atoms with van der Waals surface area (Å²) in [6, 6.07) is 6.38. The summed E-state index contributed by atoms with van der Waals surface area (Å²) in [7, 11) is 1.69. The van der Waals surface area contributed by atoms with Crippen molar-refractivity contribution in [3.05, 3.63) is 29.3 Å². The molecular formula is C17H27NO3. The zero-order chi connectivity index (χ0) is 15.7. The monoisotopic (exact) mass is 293 g/mol. The van der Waals surface area contributed by atoms with Crippen LogP contribution in [0.1, 0.15) is 31.4 Å². The summed E-state index contributed by atoms with van der Waals surface area (Å²) in [6.45, 7) is 7.61. The number of nitrogens with one attached hydrogen (secondary N) is 1. The Morgan fingerprint density at radius 1 is 1.29 bits per heavy atom. The molecule has 0 saturated heterocycles. The first-order chi connectivity index (χ1) is 10.1. The maximum Gasteiger partial charge on any atom is 0.207 e. The number of hydrogen-bond acceptors (Lipinski definition) is 3. The summed E-state index contributed by atoms with van der Waals surface area (Å²) < 4.78 is 10.8. The molecule has 21 heavy (non-hydrogen) atoms. The van der Waals surface area contributed by atoms with Crippen molar-refractivity contribution in [1.82, 2.24) is 5.32 Å². The average molecular weight is 293 g/mol. The van der Waals surface area contributed by atoms with Gasteiger partial charge in [-0.05, 0) is 36.5 Å². The van der Waals surface area contributed by atoms with E-state index < -0.39 is 0 Å². The van der Waals surface area contributed by atoms with Crippen LogP contribution in [-0.4, -0.2) is 32.8 Å². The van der Waals surface area contributed by atoms with Crippen LogP contribution in [0.5, 0.6) is 5.75 Å². The molecule has 1 rings (SSSR count). The number of aryl methyl sites for hydroxylation is 1. The second-order valence-corrected chi connectivity index (χ2v) is 5.63. The van der Waals surface area contributed by atoms with Gasteiger partial charge < -0.3 is 14.8 Å².